The molecule has 0 spiro atoms. The number of fused-ring (bicyclic) bond motifs is 1. The monoisotopic (exact) mass is 292 g/mol. The van der Waals surface area contributed by atoms with E-state index in [4.69, 9.17) is 15.2 Å². The third-order valence-electron chi connectivity index (χ3n) is 3.69. The molecule has 116 valence electrons. The zero-order valence-electron chi connectivity index (χ0n) is 12.9. The third-order valence-corrected chi connectivity index (χ3v) is 3.69. The molecule has 5 heteroatoms. The van der Waals surface area contributed by atoms with Crippen LogP contribution in [0.25, 0.3) is 0 Å². The van der Waals surface area contributed by atoms with Crippen LogP contribution in [-0.2, 0) is 4.79 Å². The molecule has 0 radical (unpaired) electrons. The number of carbonyl (C=O) groups excluding carboxylic acids is 1. The molecule has 5 nitrogen and oxygen atoms in total. The molecule has 2 rings (SSSR count). The zero-order valence-corrected chi connectivity index (χ0v) is 12.9. The predicted octanol–water partition coefficient (Wildman–Crippen LogP) is 1.66. The maximum absolute atomic E-state index is 12.3. The number of para-hydroxylation sites is 2. The first-order valence-electron chi connectivity index (χ1n) is 7.45. The minimum atomic E-state index is -0.471. The first kappa shape index (κ1) is 15.6. The molecule has 1 heterocycles. The summed E-state index contributed by atoms with van der Waals surface area (Å²) in [7, 11) is 0. The molecule has 21 heavy (non-hydrogen) atoms. The van der Waals surface area contributed by atoms with E-state index in [-0.39, 0.29) is 17.9 Å². The Hall–Kier alpha value is -1.75. The van der Waals surface area contributed by atoms with Gasteiger partial charge in [-0.25, -0.2) is 0 Å². The van der Waals surface area contributed by atoms with Crippen LogP contribution in [0.15, 0.2) is 24.3 Å². The van der Waals surface area contributed by atoms with Crippen LogP contribution in [0, 0.1) is 5.92 Å². The third kappa shape index (κ3) is 3.67. The van der Waals surface area contributed by atoms with Crippen molar-refractivity contribution in [1.82, 2.24) is 4.90 Å². The van der Waals surface area contributed by atoms with Gasteiger partial charge >= 0.3 is 0 Å². The smallest absolute Gasteiger partial charge is 0.239 e. The van der Waals surface area contributed by atoms with Gasteiger partial charge in [0, 0.05) is 6.54 Å². The molecule has 2 unspecified atom stereocenters. The normalized spacial score (nSPS) is 18.4. The lowest BCUT2D eigenvalue weighted by Crippen LogP contribution is -2.50. The van der Waals surface area contributed by atoms with Crippen LogP contribution in [0.4, 0.5) is 0 Å². The Labute approximate surface area is 126 Å². The highest BCUT2D eigenvalue weighted by atomic mass is 16.6. The number of hydrogen-bond donors (Lipinski definition) is 1. The largest absolute Gasteiger partial charge is 0.486 e. The second-order valence-corrected chi connectivity index (χ2v) is 5.64. The van der Waals surface area contributed by atoms with Gasteiger partial charge in [0.25, 0.3) is 0 Å². The number of nitrogens with two attached hydrogens (primary N) is 1. The molecule has 2 atom stereocenters. The fourth-order valence-corrected chi connectivity index (χ4v) is 2.27. The number of nitrogens with zero attached hydrogens (tertiary/aromatic N) is 1. The van der Waals surface area contributed by atoms with Gasteiger partial charge in [-0.15, -0.1) is 0 Å². The number of benzene rings is 1. The van der Waals surface area contributed by atoms with Gasteiger partial charge in [-0.1, -0.05) is 26.0 Å². The fraction of sp³-hybridized carbons (Fsp3) is 0.562. The summed E-state index contributed by atoms with van der Waals surface area (Å²) in [5, 5.41) is 0. The predicted molar refractivity (Wildman–Crippen MR) is 81.4 cm³/mol. The van der Waals surface area contributed by atoms with Gasteiger partial charge in [-0.05, 0) is 25.0 Å². The Bertz CT molecular complexity index is 490. The van der Waals surface area contributed by atoms with Crippen molar-refractivity contribution in [2.75, 3.05) is 19.7 Å². The minimum Gasteiger partial charge on any atom is -0.486 e. The Morgan fingerprint density at radius 1 is 1.38 bits per heavy atom. The average Bonchev–Trinajstić information content (AvgIpc) is 2.50. The van der Waals surface area contributed by atoms with Crippen LogP contribution in [0.3, 0.4) is 0 Å². The Morgan fingerprint density at radius 2 is 2.05 bits per heavy atom. The SMILES string of the molecule is CCN(CC1COc2ccccc2O1)C(=O)C(N)C(C)C. The highest BCUT2D eigenvalue weighted by Gasteiger charge is 2.28. The van der Waals surface area contributed by atoms with E-state index in [9.17, 15) is 4.79 Å². The van der Waals surface area contributed by atoms with Crippen LogP contribution >= 0.6 is 0 Å². The van der Waals surface area contributed by atoms with E-state index in [1.165, 1.54) is 0 Å². The molecule has 0 saturated carbocycles. The zero-order chi connectivity index (χ0) is 15.4. The summed E-state index contributed by atoms with van der Waals surface area (Å²) in [6, 6.07) is 7.10. The van der Waals surface area contributed by atoms with E-state index in [1.54, 1.807) is 4.90 Å². The molecule has 0 fully saturated rings. The van der Waals surface area contributed by atoms with Gasteiger partial charge in [0.2, 0.25) is 5.91 Å². The number of ether oxygens (including phenoxy) is 2. The minimum absolute atomic E-state index is 0.0324. The number of likely N-dealkylation sites (N-methyl/N-ethyl adjacent to an activating group) is 1. The maximum atomic E-state index is 12.3. The lowest BCUT2D eigenvalue weighted by atomic mass is 10.0. The van der Waals surface area contributed by atoms with E-state index in [0.29, 0.717) is 19.7 Å². The second-order valence-electron chi connectivity index (χ2n) is 5.64. The van der Waals surface area contributed by atoms with Gasteiger partial charge in [-0.2, -0.15) is 0 Å². The Kier molecular flexibility index (Phi) is 5.07. The van der Waals surface area contributed by atoms with Gasteiger partial charge in [0.15, 0.2) is 17.6 Å². The van der Waals surface area contributed by atoms with Crippen molar-refractivity contribution in [3.8, 4) is 11.5 Å². The van der Waals surface area contributed by atoms with Crippen LogP contribution < -0.4 is 15.2 Å². The highest BCUT2D eigenvalue weighted by Crippen LogP contribution is 2.31. The average molecular weight is 292 g/mol. The van der Waals surface area contributed by atoms with Crippen LogP contribution in [0.5, 0.6) is 11.5 Å². The maximum Gasteiger partial charge on any atom is 0.239 e. The lowest BCUT2D eigenvalue weighted by molar-refractivity contribution is -0.134. The molecule has 1 aromatic rings. The topological polar surface area (TPSA) is 64.8 Å². The first-order chi connectivity index (χ1) is 10.0. The van der Waals surface area contributed by atoms with Crippen LogP contribution in [-0.4, -0.2) is 42.6 Å². The van der Waals surface area contributed by atoms with Crippen molar-refractivity contribution < 1.29 is 14.3 Å². The first-order valence-corrected chi connectivity index (χ1v) is 7.45. The van der Waals surface area contributed by atoms with Gasteiger partial charge in [0.05, 0.1) is 12.6 Å². The Morgan fingerprint density at radius 3 is 2.67 bits per heavy atom. The molecule has 1 aliphatic rings. The standard InChI is InChI=1S/C16H24N2O3/c1-4-18(16(19)15(17)11(2)3)9-12-10-20-13-7-5-6-8-14(13)21-12/h5-8,11-12,15H,4,9-10,17H2,1-3H3. The molecule has 0 aromatic heterocycles. The summed E-state index contributed by atoms with van der Waals surface area (Å²) < 4.78 is 11.6. The Balaban J connectivity index is 1.99. The summed E-state index contributed by atoms with van der Waals surface area (Å²) in [5.41, 5.74) is 5.95. The van der Waals surface area contributed by atoms with E-state index >= 15 is 0 Å². The molecular weight excluding hydrogens is 268 g/mol. The molecule has 0 aliphatic carbocycles. The van der Waals surface area contributed by atoms with Crippen molar-refractivity contribution in [3.05, 3.63) is 24.3 Å². The molecular formula is C16H24N2O3. The summed E-state index contributed by atoms with van der Waals surface area (Å²) in [6.07, 6.45) is -0.164. The summed E-state index contributed by atoms with van der Waals surface area (Å²) >= 11 is 0. The fourth-order valence-electron chi connectivity index (χ4n) is 2.27. The second kappa shape index (κ2) is 6.80. The molecule has 0 bridgehead atoms. The highest BCUT2D eigenvalue weighted by molar-refractivity contribution is 5.81. The van der Waals surface area contributed by atoms with Crippen molar-refractivity contribution in [3.63, 3.8) is 0 Å². The van der Waals surface area contributed by atoms with Crippen LogP contribution in [0.2, 0.25) is 0 Å². The van der Waals surface area contributed by atoms with E-state index in [0.717, 1.165) is 11.5 Å². The summed E-state index contributed by atoms with van der Waals surface area (Å²) in [4.78, 5) is 14.1. The van der Waals surface area contributed by atoms with E-state index < -0.39 is 6.04 Å². The van der Waals surface area contributed by atoms with E-state index in [2.05, 4.69) is 0 Å². The van der Waals surface area contributed by atoms with Gasteiger partial charge < -0.3 is 20.1 Å². The number of amides is 1. The van der Waals surface area contributed by atoms with Crippen molar-refractivity contribution in [2.24, 2.45) is 11.7 Å². The summed E-state index contributed by atoms with van der Waals surface area (Å²) in [6.45, 7) is 7.39. The number of carbonyl (C=O) groups is 1. The number of hydrogen-bond acceptors (Lipinski definition) is 4. The van der Waals surface area contributed by atoms with E-state index in [1.807, 2.05) is 45.0 Å². The van der Waals surface area contributed by atoms with Crippen LogP contribution in [0.1, 0.15) is 20.8 Å². The van der Waals surface area contributed by atoms with Crippen molar-refractivity contribution in [1.29, 1.82) is 0 Å². The molecule has 1 aromatic carbocycles. The van der Waals surface area contributed by atoms with Gasteiger partial charge in [0.1, 0.15) is 6.61 Å². The van der Waals surface area contributed by atoms with Crippen molar-refractivity contribution >= 4 is 5.91 Å². The van der Waals surface area contributed by atoms with Crippen molar-refractivity contribution in [2.45, 2.75) is 32.9 Å². The molecule has 1 aliphatic heterocycles. The summed E-state index contributed by atoms with van der Waals surface area (Å²) in [5.74, 6) is 1.57. The van der Waals surface area contributed by atoms with Gasteiger partial charge in [-0.3, -0.25) is 4.79 Å². The molecule has 2 N–H and O–H groups in total. The molecule has 1 amide bonds. The molecule has 0 saturated heterocycles. The quantitative estimate of drug-likeness (QED) is 0.896. The number of rotatable bonds is 5. The lowest BCUT2D eigenvalue weighted by Gasteiger charge is -2.32.